The van der Waals surface area contributed by atoms with E-state index in [1.165, 1.54) is 14.2 Å². The Morgan fingerprint density at radius 3 is 2.39 bits per heavy atom. The summed E-state index contributed by atoms with van der Waals surface area (Å²) in [6.45, 7) is 1.41. The zero-order chi connectivity index (χ0) is 20.3. The van der Waals surface area contributed by atoms with Crippen molar-refractivity contribution in [3.8, 4) is 11.5 Å². The zero-order valence-electron chi connectivity index (χ0n) is 15.6. The van der Waals surface area contributed by atoms with Gasteiger partial charge in [0.1, 0.15) is 23.0 Å². The Labute approximate surface area is 161 Å². The molecule has 2 aromatic rings. The lowest BCUT2D eigenvalue weighted by Crippen LogP contribution is -2.49. The number of anilines is 1. The summed E-state index contributed by atoms with van der Waals surface area (Å²) in [6.07, 6.45) is 0. The molecule has 8 nitrogen and oxygen atoms in total. The molecule has 3 rings (SSSR count). The van der Waals surface area contributed by atoms with Gasteiger partial charge in [0, 0.05) is 44.4 Å². The van der Waals surface area contributed by atoms with E-state index in [1.807, 2.05) is 0 Å². The number of ether oxygens (including phenoxy) is 2. The molecule has 1 aliphatic heterocycles. The van der Waals surface area contributed by atoms with Crippen LogP contribution >= 0.6 is 0 Å². The summed E-state index contributed by atoms with van der Waals surface area (Å²) in [5.74, 6) is 0.249. The SMILES string of the molecule is COc1ccc(C(=O)N2CCN(c3cc(F)ccc3[N+](=O)[O-])CC2)c(OC)c1. The van der Waals surface area contributed by atoms with Crippen molar-refractivity contribution in [2.75, 3.05) is 45.3 Å². The van der Waals surface area contributed by atoms with Crippen molar-refractivity contribution in [2.24, 2.45) is 0 Å². The second kappa shape index (κ2) is 8.12. The number of halogens is 1. The number of nitro benzene ring substituents is 1. The normalized spacial score (nSPS) is 14.0. The Morgan fingerprint density at radius 1 is 1.07 bits per heavy atom. The van der Waals surface area contributed by atoms with Crippen LogP contribution in [0.3, 0.4) is 0 Å². The molecule has 28 heavy (non-hydrogen) atoms. The molecule has 1 amide bonds. The maximum Gasteiger partial charge on any atom is 0.292 e. The van der Waals surface area contributed by atoms with Gasteiger partial charge in [-0.15, -0.1) is 0 Å². The summed E-state index contributed by atoms with van der Waals surface area (Å²) in [6, 6.07) is 8.34. The molecule has 1 aliphatic rings. The molecule has 148 valence electrons. The number of amides is 1. The third kappa shape index (κ3) is 3.83. The van der Waals surface area contributed by atoms with Crippen molar-refractivity contribution in [1.82, 2.24) is 4.90 Å². The standard InChI is InChI=1S/C19H20FN3O5/c1-27-14-4-5-15(18(12-14)28-2)19(24)22-9-7-21(8-10-22)17-11-13(20)3-6-16(17)23(25)26/h3-6,11-12H,7-10H2,1-2H3. The first-order chi connectivity index (χ1) is 13.4. The lowest BCUT2D eigenvalue weighted by Gasteiger charge is -2.36. The summed E-state index contributed by atoms with van der Waals surface area (Å²) in [5, 5.41) is 11.2. The zero-order valence-corrected chi connectivity index (χ0v) is 15.6. The highest BCUT2D eigenvalue weighted by molar-refractivity contribution is 5.97. The Morgan fingerprint density at radius 2 is 1.79 bits per heavy atom. The molecule has 0 saturated carbocycles. The predicted octanol–water partition coefficient (Wildman–Crippen LogP) is 2.71. The number of nitro groups is 1. The molecule has 0 spiro atoms. The molecule has 0 atom stereocenters. The second-order valence-corrected chi connectivity index (χ2v) is 6.24. The molecule has 1 saturated heterocycles. The molecule has 0 aromatic heterocycles. The molecule has 1 fully saturated rings. The van der Waals surface area contributed by atoms with Gasteiger partial charge in [-0.3, -0.25) is 14.9 Å². The smallest absolute Gasteiger partial charge is 0.292 e. The molecule has 0 unspecified atom stereocenters. The summed E-state index contributed by atoms with van der Waals surface area (Å²) < 4.78 is 24.0. The van der Waals surface area contributed by atoms with Gasteiger partial charge < -0.3 is 19.3 Å². The van der Waals surface area contributed by atoms with Crippen LogP contribution in [-0.4, -0.2) is 56.1 Å². The van der Waals surface area contributed by atoms with Crippen LogP contribution < -0.4 is 14.4 Å². The average molecular weight is 389 g/mol. The molecule has 1 heterocycles. The number of hydrogen-bond donors (Lipinski definition) is 0. The minimum Gasteiger partial charge on any atom is -0.497 e. The molecule has 9 heteroatoms. The molecule has 0 aliphatic carbocycles. The van der Waals surface area contributed by atoms with E-state index in [2.05, 4.69) is 0 Å². The van der Waals surface area contributed by atoms with Gasteiger partial charge in [-0.1, -0.05) is 0 Å². The van der Waals surface area contributed by atoms with E-state index in [1.54, 1.807) is 28.0 Å². The van der Waals surface area contributed by atoms with Crippen molar-refractivity contribution in [3.63, 3.8) is 0 Å². The number of carbonyl (C=O) groups excluding carboxylic acids is 1. The van der Waals surface area contributed by atoms with Crippen LogP contribution in [0.5, 0.6) is 11.5 Å². The number of carbonyl (C=O) groups is 1. The summed E-state index contributed by atoms with van der Waals surface area (Å²) in [4.78, 5) is 26.9. The van der Waals surface area contributed by atoms with Crippen LogP contribution in [0.4, 0.5) is 15.8 Å². The van der Waals surface area contributed by atoms with E-state index in [9.17, 15) is 19.3 Å². The summed E-state index contributed by atoms with van der Waals surface area (Å²) >= 11 is 0. The third-order valence-corrected chi connectivity index (χ3v) is 4.68. The Balaban J connectivity index is 1.75. The summed E-state index contributed by atoms with van der Waals surface area (Å²) in [7, 11) is 3.01. The molecule has 2 aromatic carbocycles. The first-order valence-corrected chi connectivity index (χ1v) is 8.64. The highest BCUT2D eigenvalue weighted by atomic mass is 19.1. The predicted molar refractivity (Wildman–Crippen MR) is 101 cm³/mol. The van der Waals surface area contributed by atoms with Gasteiger partial charge in [-0.05, 0) is 18.2 Å². The van der Waals surface area contributed by atoms with E-state index in [0.717, 1.165) is 18.2 Å². The molecular weight excluding hydrogens is 369 g/mol. The van der Waals surface area contributed by atoms with Crippen molar-refractivity contribution >= 4 is 17.3 Å². The first kappa shape index (κ1) is 19.4. The van der Waals surface area contributed by atoms with Crippen molar-refractivity contribution in [3.05, 3.63) is 57.9 Å². The van der Waals surface area contributed by atoms with Gasteiger partial charge in [0.25, 0.3) is 11.6 Å². The highest BCUT2D eigenvalue weighted by Crippen LogP contribution is 2.30. The van der Waals surface area contributed by atoms with Crippen molar-refractivity contribution < 1.29 is 23.6 Å². The number of nitrogens with zero attached hydrogens (tertiary/aromatic N) is 3. The number of methoxy groups -OCH3 is 2. The van der Waals surface area contributed by atoms with Crippen molar-refractivity contribution in [2.45, 2.75) is 0 Å². The molecule has 0 radical (unpaired) electrons. The fraction of sp³-hybridized carbons (Fsp3) is 0.316. The minimum absolute atomic E-state index is 0.155. The highest BCUT2D eigenvalue weighted by Gasteiger charge is 2.28. The van der Waals surface area contributed by atoms with E-state index in [0.29, 0.717) is 43.2 Å². The van der Waals surface area contributed by atoms with E-state index in [4.69, 9.17) is 9.47 Å². The maximum atomic E-state index is 13.6. The Kier molecular flexibility index (Phi) is 5.62. The van der Waals surface area contributed by atoms with Gasteiger partial charge in [0.2, 0.25) is 0 Å². The first-order valence-electron chi connectivity index (χ1n) is 8.64. The van der Waals surface area contributed by atoms with E-state index in [-0.39, 0.29) is 17.3 Å². The van der Waals surface area contributed by atoms with Crippen LogP contribution in [-0.2, 0) is 0 Å². The van der Waals surface area contributed by atoms with Crippen LogP contribution in [0, 0.1) is 15.9 Å². The van der Waals surface area contributed by atoms with Crippen LogP contribution in [0.2, 0.25) is 0 Å². The maximum absolute atomic E-state index is 13.6. The van der Waals surface area contributed by atoms with Crippen LogP contribution in [0.1, 0.15) is 10.4 Å². The summed E-state index contributed by atoms with van der Waals surface area (Å²) in [5.41, 5.74) is 0.477. The largest absolute Gasteiger partial charge is 0.497 e. The Bertz CT molecular complexity index is 897. The monoisotopic (exact) mass is 389 g/mol. The lowest BCUT2D eigenvalue weighted by atomic mass is 10.1. The number of benzene rings is 2. The van der Waals surface area contributed by atoms with Gasteiger partial charge >= 0.3 is 0 Å². The quantitative estimate of drug-likeness (QED) is 0.577. The van der Waals surface area contributed by atoms with E-state index < -0.39 is 10.7 Å². The number of rotatable bonds is 5. The molecule has 0 N–H and O–H groups in total. The fourth-order valence-electron chi connectivity index (χ4n) is 3.20. The third-order valence-electron chi connectivity index (χ3n) is 4.68. The van der Waals surface area contributed by atoms with Crippen LogP contribution in [0.15, 0.2) is 36.4 Å². The van der Waals surface area contributed by atoms with Crippen LogP contribution in [0.25, 0.3) is 0 Å². The Hall–Kier alpha value is -3.36. The van der Waals surface area contributed by atoms with E-state index >= 15 is 0 Å². The van der Waals surface area contributed by atoms with Gasteiger partial charge in [0.15, 0.2) is 0 Å². The fourth-order valence-corrected chi connectivity index (χ4v) is 3.20. The molecular formula is C19H20FN3O5. The lowest BCUT2D eigenvalue weighted by molar-refractivity contribution is -0.384. The molecule has 0 bridgehead atoms. The minimum atomic E-state index is -0.540. The van der Waals surface area contributed by atoms with Gasteiger partial charge in [-0.2, -0.15) is 0 Å². The topological polar surface area (TPSA) is 85.2 Å². The number of piperazine rings is 1. The second-order valence-electron chi connectivity index (χ2n) is 6.24. The number of hydrogen-bond acceptors (Lipinski definition) is 6. The van der Waals surface area contributed by atoms with Gasteiger partial charge in [-0.25, -0.2) is 4.39 Å². The van der Waals surface area contributed by atoms with Crippen molar-refractivity contribution in [1.29, 1.82) is 0 Å². The average Bonchev–Trinajstić information content (AvgIpc) is 2.72. The van der Waals surface area contributed by atoms with Gasteiger partial charge in [0.05, 0.1) is 24.7 Å².